The maximum Gasteiger partial charge on any atom is 0.116 e. The van der Waals surface area contributed by atoms with Gasteiger partial charge in [-0.15, -0.1) is 0 Å². The lowest BCUT2D eigenvalue weighted by molar-refractivity contribution is 1.23. The SMILES string of the molecule is c1cnc2ccc3cncnc3c2c1. The lowest BCUT2D eigenvalue weighted by Crippen LogP contribution is -1.84. The molecule has 0 unspecified atom stereocenters. The van der Waals surface area contributed by atoms with E-state index in [1.54, 1.807) is 12.5 Å². The Balaban J connectivity index is 2.61. The molecule has 0 atom stereocenters. The summed E-state index contributed by atoms with van der Waals surface area (Å²) in [7, 11) is 0. The van der Waals surface area contributed by atoms with E-state index in [4.69, 9.17) is 0 Å². The number of rotatable bonds is 0. The Kier molecular flexibility index (Phi) is 1.44. The van der Waals surface area contributed by atoms with Gasteiger partial charge in [0.2, 0.25) is 0 Å². The van der Waals surface area contributed by atoms with Crippen molar-refractivity contribution in [1.29, 1.82) is 0 Å². The van der Waals surface area contributed by atoms with Gasteiger partial charge in [-0.25, -0.2) is 9.97 Å². The van der Waals surface area contributed by atoms with Crippen molar-refractivity contribution in [2.45, 2.75) is 0 Å². The Labute approximate surface area is 80.5 Å². The highest BCUT2D eigenvalue weighted by atomic mass is 14.8. The average molecular weight is 181 g/mol. The standard InChI is InChI=1S/C11H7N3/c1-2-9-10(13-5-1)4-3-8-6-12-7-14-11(8)9/h1-7H. The van der Waals surface area contributed by atoms with Crippen molar-refractivity contribution in [1.82, 2.24) is 15.0 Å². The van der Waals surface area contributed by atoms with Gasteiger partial charge in [-0.05, 0) is 24.3 Å². The minimum Gasteiger partial charge on any atom is -0.256 e. The first-order valence-corrected chi connectivity index (χ1v) is 4.38. The van der Waals surface area contributed by atoms with Crippen LogP contribution in [-0.4, -0.2) is 15.0 Å². The summed E-state index contributed by atoms with van der Waals surface area (Å²) in [6, 6.07) is 7.92. The fraction of sp³-hybridized carbons (Fsp3) is 0. The molecule has 2 heterocycles. The topological polar surface area (TPSA) is 38.7 Å². The van der Waals surface area contributed by atoms with Crippen molar-refractivity contribution in [3.63, 3.8) is 0 Å². The second kappa shape index (κ2) is 2.73. The monoisotopic (exact) mass is 181 g/mol. The number of nitrogens with zero attached hydrogens (tertiary/aromatic N) is 3. The summed E-state index contributed by atoms with van der Waals surface area (Å²) in [6.45, 7) is 0. The van der Waals surface area contributed by atoms with Gasteiger partial charge in [-0.3, -0.25) is 4.98 Å². The van der Waals surface area contributed by atoms with E-state index in [2.05, 4.69) is 15.0 Å². The molecule has 0 bridgehead atoms. The van der Waals surface area contributed by atoms with Gasteiger partial charge >= 0.3 is 0 Å². The van der Waals surface area contributed by atoms with Crippen LogP contribution in [-0.2, 0) is 0 Å². The van der Waals surface area contributed by atoms with Crippen molar-refractivity contribution < 1.29 is 0 Å². The Hall–Kier alpha value is -2.03. The van der Waals surface area contributed by atoms with Crippen LogP contribution in [0.1, 0.15) is 0 Å². The Morgan fingerprint density at radius 1 is 1.00 bits per heavy atom. The highest BCUT2D eigenvalue weighted by molar-refractivity contribution is 6.02. The predicted octanol–water partition coefficient (Wildman–Crippen LogP) is 2.18. The first-order chi connectivity index (χ1) is 6.95. The Morgan fingerprint density at radius 3 is 3.00 bits per heavy atom. The van der Waals surface area contributed by atoms with Crippen LogP contribution >= 0.6 is 0 Å². The van der Waals surface area contributed by atoms with Crippen LogP contribution in [0.15, 0.2) is 43.0 Å². The van der Waals surface area contributed by atoms with Crippen LogP contribution in [0.25, 0.3) is 21.8 Å². The van der Waals surface area contributed by atoms with E-state index in [-0.39, 0.29) is 0 Å². The van der Waals surface area contributed by atoms with E-state index < -0.39 is 0 Å². The third kappa shape index (κ3) is 0.956. The van der Waals surface area contributed by atoms with Crippen molar-refractivity contribution in [3.8, 4) is 0 Å². The number of aromatic nitrogens is 3. The molecule has 3 heteroatoms. The van der Waals surface area contributed by atoms with E-state index in [9.17, 15) is 0 Å². The highest BCUT2D eigenvalue weighted by Crippen LogP contribution is 2.20. The Bertz CT molecular complexity index is 550. The maximum absolute atomic E-state index is 4.27. The van der Waals surface area contributed by atoms with E-state index in [1.165, 1.54) is 0 Å². The number of fused-ring (bicyclic) bond motifs is 3. The molecule has 66 valence electrons. The van der Waals surface area contributed by atoms with E-state index in [1.807, 2.05) is 30.5 Å². The van der Waals surface area contributed by atoms with Crippen molar-refractivity contribution in [3.05, 3.63) is 43.0 Å². The molecular weight excluding hydrogens is 174 g/mol. The van der Waals surface area contributed by atoms with Gasteiger partial charge in [-0.2, -0.15) is 0 Å². The van der Waals surface area contributed by atoms with Crippen LogP contribution in [0.2, 0.25) is 0 Å². The molecule has 3 nitrogen and oxygen atoms in total. The number of pyridine rings is 1. The van der Waals surface area contributed by atoms with Gasteiger partial charge in [-0.1, -0.05) is 0 Å². The minimum absolute atomic E-state index is 0.964. The summed E-state index contributed by atoms with van der Waals surface area (Å²) >= 11 is 0. The molecule has 14 heavy (non-hydrogen) atoms. The number of hydrogen-bond donors (Lipinski definition) is 0. The van der Waals surface area contributed by atoms with Gasteiger partial charge in [0.1, 0.15) is 6.33 Å². The van der Waals surface area contributed by atoms with Crippen LogP contribution in [0.4, 0.5) is 0 Å². The molecule has 0 saturated heterocycles. The zero-order valence-corrected chi connectivity index (χ0v) is 7.38. The number of benzene rings is 1. The lowest BCUT2D eigenvalue weighted by Gasteiger charge is -1.99. The number of hydrogen-bond acceptors (Lipinski definition) is 3. The second-order valence-electron chi connectivity index (χ2n) is 3.10. The van der Waals surface area contributed by atoms with E-state index in [0.29, 0.717) is 0 Å². The zero-order valence-electron chi connectivity index (χ0n) is 7.38. The zero-order chi connectivity index (χ0) is 9.38. The first kappa shape index (κ1) is 7.38. The van der Waals surface area contributed by atoms with Crippen LogP contribution in [0, 0.1) is 0 Å². The smallest absolute Gasteiger partial charge is 0.116 e. The summed E-state index contributed by atoms with van der Waals surface area (Å²) in [5, 5.41) is 2.13. The van der Waals surface area contributed by atoms with Crippen LogP contribution < -0.4 is 0 Å². The fourth-order valence-electron chi connectivity index (χ4n) is 1.61. The van der Waals surface area contributed by atoms with Gasteiger partial charge in [0.25, 0.3) is 0 Å². The fourth-order valence-corrected chi connectivity index (χ4v) is 1.61. The molecule has 1 aromatic carbocycles. The van der Waals surface area contributed by atoms with Gasteiger partial charge in [0.15, 0.2) is 0 Å². The summed E-state index contributed by atoms with van der Waals surface area (Å²) < 4.78 is 0. The molecule has 0 aliphatic carbocycles. The molecule has 3 rings (SSSR count). The van der Waals surface area contributed by atoms with Crippen molar-refractivity contribution >= 4 is 21.8 Å². The lowest BCUT2D eigenvalue weighted by atomic mass is 10.1. The first-order valence-electron chi connectivity index (χ1n) is 4.38. The molecule has 0 N–H and O–H groups in total. The minimum atomic E-state index is 0.964. The van der Waals surface area contributed by atoms with Gasteiger partial charge in [0, 0.05) is 23.2 Å². The highest BCUT2D eigenvalue weighted by Gasteiger charge is 2.00. The Morgan fingerprint density at radius 2 is 2.00 bits per heavy atom. The van der Waals surface area contributed by atoms with Crippen molar-refractivity contribution in [2.75, 3.05) is 0 Å². The molecular formula is C11H7N3. The van der Waals surface area contributed by atoms with Crippen molar-refractivity contribution in [2.24, 2.45) is 0 Å². The van der Waals surface area contributed by atoms with Crippen LogP contribution in [0.5, 0.6) is 0 Å². The molecule has 0 saturated carbocycles. The molecule has 0 radical (unpaired) electrons. The summed E-state index contributed by atoms with van der Waals surface area (Å²) in [5.74, 6) is 0. The molecule has 0 spiro atoms. The largest absolute Gasteiger partial charge is 0.256 e. The second-order valence-corrected chi connectivity index (χ2v) is 3.10. The third-order valence-electron chi connectivity index (χ3n) is 2.25. The average Bonchev–Trinajstić information content (AvgIpc) is 2.29. The molecule has 3 aromatic rings. The normalized spacial score (nSPS) is 10.9. The quantitative estimate of drug-likeness (QED) is 0.499. The van der Waals surface area contributed by atoms with Gasteiger partial charge < -0.3 is 0 Å². The molecule has 2 aromatic heterocycles. The summed E-state index contributed by atoms with van der Waals surface area (Å²) in [6.07, 6.45) is 5.17. The van der Waals surface area contributed by atoms with Gasteiger partial charge in [0.05, 0.1) is 11.0 Å². The predicted molar refractivity (Wildman–Crippen MR) is 54.8 cm³/mol. The van der Waals surface area contributed by atoms with Crippen LogP contribution in [0.3, 0.4) is 0 Å². The molecule has 0 amide bonds. The van der Waals surface area contributed by atoms with E-state index >= 15 is 0 Å². The summed E-state index contributed by atoms with van der Waals surface area (Å²) in [4.78, 5) is 12.5. The third-order valence-corrected chi connectivity index (χ3v) is 2.25. The molecule has 0 aliphatic rings. The summed E-state index contributed by atoms with van der Waals surface area (Å²) in [5.41, 5.74) is 1.93. The maximum atomic E-state index is 4.27. The molecule has 0 fully saturated rings. The molecule has 0 aliphatic heterocycles. The van der Waals surface area contributed by atoms with E-state index in [0.717, 1.165) is 21.8 Å².